The third-order valence-corrected chi connectivity index (χ3v) is 4.70. The first-order valence-electron chi connectivity index (χ1n) is 8.02. The molecule has 1 aromatic heterocycles. The van der Waals surface area contributed by atoms with Gasteiger partial charge in [0.1, 0.15) is 6.54 Å². The number of carbonyl (C=O) groups excluding carboxylic acids is 1. The molecule has 5 nitrogen and oxygen atoms in total. The van der Waals surface area contributed by atoms with E-state index in [-0.39, 0.29) is 18.0 Å². The highest BCUT2D eigenvalue weighted by Gasteiger charge is 2.21. The van der Waals surface area contributed by atoms with E-state index >= 15 is 0 Å². The number of nitrogens with zero attached hydrogens (tertiary/aromatic N) is 3. The van der Waals surface area contributed by atoms with Crippen molar-refractivity contribution in [2.75, 3.05) is 26.2 Å². The van der Waals surface area contributed by atoms with Gasteiger partial charge in [-0.3, -0.25) is 14.5 Å². The van der Waals surface area contributed by atoms with Gasteiger partial charge in [0, 0.05) is 49.5 Å². The van der Waals surface area contributed by atoms with E-state index in [1.54, 1.807) is 12.3 Å². The smallest absolute Gasteiger partial charge is 0.251 e. The molecule has 0 N–H and O–H groups in total. The van der Waals surface area contributed by atoms with E-state index in [1.807, 2.05) is 23.1 Å². The van der Waals surface area contributed by atoms with Crippen LogP contribution >= 0.6 is 15.9 Å². The topological polar surface area (TPSA) is 45.6 Å². The Hall–Kier alpha value is -1.92. The summed E-state index contributed by atoms with van der Waals surface area (Å²) in [5, 5.41) is 0. The van der Waals surface area contributed by atoms with E-state index in [1.165, 1.54) is 16.2 Å². The summed E-state index contributed by atoms with van der Waals surface area (Å²) < 4.78 is 2.24. The van der Waals surface area contributed by atoms with Gasteiger partial charge >= 0.3 is 0 Å². The Morgan fingerprint density at radius 1 is 1.00 bits per heavy atom. The van der Waals surface area contributed by atoms with Crippen LogP contribution in [0.4, 0.5) is 0 Å². The minimum Gasteiger partial charge on any atom is -0.339 e. The van der Waals surface area contributed by atoms with E-state index in [4.69, 9.17) is 0 Å². The van der Waals surface area contributed by atoms with Gasteiger partial charge in [0.15, 0.2) is 0 Å². The fourth-order valence-electron chi connectivity index (χ4n) is 2.87. The average Bonchev–Trinajstić information content (AvgIpc) is 2.60. The van der Waals surface area contributed by atoms with Crippen molar-refractivity contribution in [3.8, 4) is 0 Å². The largest absolute Gasteiger partial charge is 0.339 e. The average molecular weight is 390 g/mol. The van der Waals surface area contributed by atoms with Gasteiger partial charge in [0.05, 0.1) is 0 Å². The van der Waals surface area contributed by atoms with Crippen LogP contribution in [0.3, 0.4) is 0 Å². The van der Waals surface area contributed by atoms with E-state index in [9.17, 15) is 9.59 Å². The number of amides is 1. The number of rotatable bonds is 4. The number of aromatic nitrogens is 1. The lowest BCUT2D eigenvalue weighted by Crippen LogP contribution is -2.49. The van der Waals surface area contributed by atoms with Crippen molar-refractivity contribution in [3.05, 3.63) is 69.1 Å². The molecule has 0 bridgehead atoms. The third-order valence-electron chi connectivity index (χ3n) is 4.23. The summed E-state index contributed by atoms with van der Waals surface area (Å²) in [5.41, 5.74) is 1.13. The molecule has 1 aliphatic rings. The maximum absolute atomic E-state index is 12.4. The molecule has 0 unspecified atom stereocenters. The molecule has 0 atom stereocenters. The van der Waals surface area contributed by atoms with Crippen LogP contribution in [0.25, 0.3) is 0 Å². The van der Waals surface area contributed by atoms with Crippen LogP contribution in [0.1, 0.15) is 5.56 Å². The molecule has 6 heteroatoms. The van der Waals surface area contributed by atoms with Crippen molar-refractivity contribution >= 4 is 21.8 Å². The highest BCUT2D eigenvalue weighted by atomic mass is 79.9. The number of pyridine rings is 1. The van der Waals surface area contributed by atoms with Gasteiger partial charge < -0.3 is 9.47 Å². The normalized spacial score (nSPS) is 15.5. The van der Waals surface area contributed by atoms with Gasteiger partial charge in [-0.05, 0) is 27.6 Å². The molecule has 1 amide bonds. The monoisotopic (exact) mass is 389 g/mol. The van der Waals surface area contributed by atoms with Crippen molar-refractivity contribution in [3.63, 3.8) is 0 Å². The molecule has 2 aromatic rings. The Bertz CT molecular complexity index is 752. The van der Waals surface area contributed by atoms with Gasteiger partial charge in [0.2, 0.25) is 5.91 Å². The Kier molecular flexibility index (Phi) is 5.48. The number of halogens is 1. The Morgan fingerprint density at radius 3 is 2.42 bits per heavy atom. The Labute approximate surface area is 149 Å². The molecule has 126 valence electrons. The molecular weight excluding hydrogens is 370 g/mol. The van der Waals surface area contributed by atoms with Gasteiger partial charge in [-0.25, -0.2) is 0 Å². The van der Waals surface area contributed by atoms with Crippen LogP contribution in [0, 0.1) is 0 Å². The lowest BCUT2D eigenvalue weighted by atomic mass is 10.2. The van der Waals surface area contributed by atoms with Gasteiger partial charge in [-0.15, -0.1) is 0 Å². The predicted octanol–water partition coefficient (Wildman–Crippen LogP) is 1.96. The second kappa shape index (κ2) is 7.77. The first kappa shape index (κ1) is 16.9. The van der Waals surface area contributed by atoms with Crippen LogP contribution < -0.4 is 5.56 Å². The second-order valence-electron chi connectivity index (χ2n) is 5.96. The lowest BCUT2D eigenvalue weighted by Gasteiger charge is -2.34. The maximum atomic E-state index is 12.4. The number of hydrogen-bond acceptors (Lipinski definition) is 3. The molecule has 0 radical (unpaired) electrons. The summed E-state index contributed by atoms with van der Waals surface area (Å²) in [4.78, 5) is 28.4. The summed E-state index contributed by atoms with van der Waals surface area (Å²) in [6, 6.07) is 13.5. The highest BCUT2D eigenvalue weighted by molar-refractivity contribution is 9.10. The zero-order valence-corrected chi connectivity index (χ0v) is 15.0. The van der Waals surface area contributed by atoms with E-state index in [2.05, 4.69) is 33.0 Å². The molecule has 0 saturated carbocycles. The first-order chi connectivity index (χ1) is 11.6. The van der Waals surface area contributed by atoms with Crippen molar-refractivity contribution in [1.29, 1.82) is 0 Å². The fraction of sp³-hybridized carbons (Fsp3) is 0.333. The molecule has 0 aliphatic carbocycles. The van der Waals surface area contributed by atoms with Crippen LogP contribution in [0.2, 0.25) is 0 Å². The van der Waals surface area contributed by atoms with Gasteiger partial charge in [0.25, 0.3) is 5.56 Å². The summed E-state index contributed by atoms with van der Waals surface area (Å²) >= 11 is 3.33. The van der Waals surface area contributed by atoms with Crippen molar-refractivity contribution in [2.45, 2.75) is 13.1 Å². The van der Waals surface area contributed by atoms with Crippen LogP contribution in [-0.4, -0.2) is 46.5 Å². The van der Waals surface area contributed by atoms with Crippen molar-refractivity contribution in [2.24, 2.45) is 0 Å². The highest BCUT2D eigenvalue weighted by Crippen LogP contribution is 2.09. The standard InChI is InChI=1S/C18H20BrN3O2/c19-16-6-7-17(23)22(13-16)14-18(24)21-10-8-20(9-11-21)12-15-4-2-1-3-5-15/h1-7,13H,8-12,14H2. The van der Waals surface area contributed by atoms with Crippen molar-refractivity contribution in [1.82, 2.24) is 14.4 Å². The SMILES string of the molecule is O=C(Cn1cc(Br)ccc1=O)N1CCN(Cc2ccccc2)CC1. The fourth-order valence-corrected chi connectivity index (χ4v) is 3.25. The molecule has 2 heterocycles. The predicted molar refractivity (Wildman–Crippen MR) is 96.7 cm³/mol. The maximum Gasteiger partial charge on any atom is 0.251 e. The first-order valence-corrected chi connectivity index (χ1v) is 8.81. The number of carbonyl (C=O) groups is 1. The molecule has 3 rings (SSSR count). The molecular formula is C18H20BrN3O2. The second-order valence-corrected chi connectivity index (χ2v) is 6.87. The number of hydrogen-bond donors (Lipinski definition) is 0. The Balaban J connectivity index is 1.53. The number of piperazine rings is 1. The summed E-state index contributed by atoms with van der Waals surface area (Å²) in [7, 11) is 0. The van der Waals surface area contributed by atoms with Gasteiger partial charge in [-0.2, -0.15) is 0 Å². The molecule has 1 aliphatic heterocycles. The van der Waals surface area contributed by atoms with Crippen LogP contribution in [-0.2, 0) is 17.9 Å². The van der Waals surface area contributed by atoms with Gasteiger partial charge in [-0.1, -0.05) is 30.3 Å². The zero-order valence-electron chi connectivity index (χ0n) is 13.4. The summed E-state index contributed by atoms with van der Waals surface area (Å²) in [6.07, 6.45) is 1.66. The minimum absolute atomic E-state index is 0.00504. The summed E-state index contributed by atoms with van der Waals surface area (Å²) in [6.45, 7) is 4.12. The summed E-state index contributed by atoms with van der Waals surface area (Å²) in [5.74, 6) is -0.00504. The molecule has 0 spiro atoms. The van der Waals surface area contributed by atoms with Crippen LogP contribution in [0.5, 0.6) is 0 Å². The minimum atomic E-state index is -0.158. The van der Waals surface area contributed by atoms with Crippen LogP contribution in [0.15, 0.2) is 57.9 Å². The molecule has 1 fully saturated rings. The molecule has 1 aromatic carbocycles. The quantitative estimate of drug-likeness (QED) is 0.802. The molecule has 1 saturated heterocycles. The third kappa shape index (κ3) is 4.33. The Morgan fingerprint density at radius 2 is 1.71 bits per heavy atom. The van der Waals surface area contributed by atoms with E-state index in [0.717, 1.165) is 24.1 Å². The van der Waals surface area contributed by atoms with Crippen molar-refractivity contribution < 1.29 is 4.79 Å². The van der Waals surface area contributed by atoms with E-state index < -0.39 is 0 Å². The van der Waals surface area contributed by atoms with E-state index in [0.29, 0.717) is 13.1 Å². The lowest BCUT2D eigenvalue weighted by molar-refractivity contribution is -0.133. The molecule has 24 heavy (non-hydrogen) atoms. The zero-order chi connectivity index (χ0) is 16.9. The number of benzene rings is 1.